The van der Waals surface area contributed by atoms with Crippen molar-refractivity contribution in [1.82, 2.24) is 0 Å². The predicted molar refractivity (Wildman–Crippen MR) is 36.5 cm³/mol. The Bertz CT molecular complexity index is 135. The predicted octanol–water partition coefficient (Wildman–Crippen LogP) is 0.0125. The first kappa shape index (κ1) is 8.29. The molecule has 9 heavy (non-hydrogen) atoms. The van der Waals surface area contributed by atoms with Crippen LogP contribution in [0.15, 0.2) is 5.16 Å². The molecule has 0 aliphatic rings. The van der Waals surface area contributed by atoms with Gasteiger partial charge in [-0.15, -0.1) is 0 Å². The third kappa shape index (κ3) is 5.16. The third-order valence-corrected chi connectivity index (χ3v) is 1.49. The highest BCUT2D eigenvalue weighted by Gasteiger charge is 1.95. The Morgan fingerprint density at radius 3 is 2.78 bits per heavy atom. The van der Waals surface area contributed by atoms with Gasteiger partial charge in [0.15, 0.2) is 0 Å². The molecule has 52 valence electrons. The molecule has 0 saturated carbocycles. The first-order chi connectivity index (χ1) is 4.16. The number of thioether (sulfide) groups is 1. The molecule has 0 aromatic rings. The molecule has 0 unspecified atom stereocenters. The molecule has 0 aromatic heterocycles. The molecule has 3 N–H and O–H groups in total. The quantitative estimate of drug-likeness (QED) is 0.251. The number of nitrogens with zero attached hydrogens (tertiary/aromatic N) is 1. The Morgan fingerprint density at radius 2 is 2.44 bits per heavy atom. The zero-order chi connectivity index (χ0) is 7.28. The fourth-order valence-corrected chi connectivity index (χ4v) is 0.613. The number of nitrogens with two attached hydrogens (primary N) is 1. The van der Waals surface area contributed by atoms with E-state index in [2.05, 4.69) is 5.16 Å². The molecule has 0 radical (unpaired) electrons. The second kappa shape index (κ2) is 4.20. The van der Waals surface area contributed by atoms with Crippen LogP contribution in [0.2, 0.25) is 0 Å². The minimum atomic E-state index is -0.414. The molecule has 0 aromatic carbocycles. The Labute approximate surface area is 57.1 Å². The third-order valence-electron chi connectivity index (χ3n) is 0.564. The number of hydrogen-bond donors (Lipinski definition) is 2. The number of carbonyl (C=O) groups is 1. The zero-order valence-electron chi connectivity index (χ0n) is 5.00. The summed E-state index contributed by atoms with van der Waals surface area (Å²) < 4.78 is 0. The summed E-state index contributed by atoms with van der Waals surface area (Å²) in [6, 6.07) is 0. The fourth-order valence-electron chi connectivity index (χ4n) is 0.204. The van der Waals surface area contributed by atoms with Crippen molar-refractivity contribution >= 4 is 22.7 Å². The minimum Gasteiger partial charge on any atom is -0.410 e. The molecular weight excluding hydrogens is 140 g/mol. The van der Waals surface area contributed by atoms with Gasteiger partial charge in [-0.2, -0.15) is 0 Å². The van der Waals surface area contributed by atoms with E-state index in [9.17, 15) is 4.79 Å². The highest BCUT2D eigenvalue weighted by molar-refractivity contribution is 8.14. The van der Waals surface area contributed by atoms with Crippen LogP contribution in [-0.4, -0.2) is 21.9 Å². The zero-order valence-corrected chi connectivity index (χ0v) is 5.81. The van der Waals surface area contributed by atoms with E-state index in [4.69, 9.17) is 10.9 Å². The molecule has 0 fully saturated rings. The van der Waals surface area contributed by atoms with Crippen molar-refractivity contribution < 1.29 is 10.0 Å². The van der Waals surface area contributed by atoms with Crippen LogP contribution in [0, 0.1) is 0 Å². The van der Waals surface area contributed by atoms with E-state index < -0.39 is 5.91 Å². The van der Waals surface area contributed by atoms with Crippen molar-refractivity contribution in [2.24, 2.45) is 10.9 Å². The normalized spacial score (nSPS) is 11.4. The Hall–Kier alpha value is -0.710. The Morgan fingerprint density at radius 1 is 1.89 bits per heavy atom. The molecule has 4 nitrogen and oxygen atoms in total. The van der Waals surface area contributed by atoms with Crippen molar-refractivity contribution in [2.45, 2.75) is 6.92 Å². The Balaban J connectivity index is 3.39. The summed E-state index contributed by atoms with van der Waals surface area (Å²) in [4.78, 5) is 10.1. The van der Waals surface area contributed by atoms with Gasteiger partial charge in [0.25, 0.3) is 0 Å². The van der Waals surface area contributed by atoms with Crippen molar-refractivity contribution in [3.63, 3.8) is 0 Å². The first-order valence-corrected chi connectivity index (χ1v) is 3.25. The van der Waals surface area contributed by atoms with Crippen molar-refractivity contribution in [3.8, 4) is 0 Å². The number of amides is 1. The number of carbonyl (C=O) groups excluding carboxylic acids is 1. The molecule has 0 heterocycles. The summed E-state index contributed by atoms with van der Waals surface area (Å²) in [7, 11) is 0. The van der Waals surface area contributed by atoms with E-state index in [0.29, 0.717) is 5.04 Å². The van der Waals surface area contributed by atoms with Crippen LogP contribution >= 0.6 is 11.8 Å². The van der Waals surface area contributed by atoms with E-state index in [1.165, 1.54) is 0 Å². The lowest BCUT2D eigenvalue weighted by atomic mass is 10.8. The summed E-state index contributed by atoms with van der Waals surface area (Å²) in [5.74, 6) is -0.251. The van der Waals surface area contributed by atoms with Gasteiger partial charge in [-0.3, -0.25) is 4.79 Å². The lowest BCUT2D eigenvalue weighted by Gasteiger charge is -1.91. The highest BCUT2D eigenvalue weighted by atomic mass is 32.2. The molecule has 0 aliphatic heterocycles. The molecule has 0 aliphatic carbocycles. The molecule has 0 spiro atoms. The Kier molecular flexibility index (Phi) is 3.87. The molecule has 0 bridgehead atoms. The van der Waals surface area contributed by atoms with Gasteiger partial charge in [0.05, 0.1) is 5.75 Å². The van der Waals surface area contributed by atoms with Crippen LogP contribution < -0.4 is 5.73 Å². The highest BCUT2D eigenvalue weighted by Crippen LogP contribution is 2.00. The fraction of sp³-hybridized carbons (Fsp3) is 0.500. The van der Waals surface area contributed by atoms with Gasteiger partial charge in [-0.25, -0.2) is 0 Å². The van der Waals surface area contributed by atoms with E-state index in [1.807, 2.05) is 0 Å². The maximum absolute atomic E-state index is 10.1. The lowest BCUT2D eigenvalue weighted by Crippen LogP contribution is -2.14. The smallest absolute Gasteiger partial charge is 0.227 e. The maximum atomic E-state index is 10.1. The molecule has 0 saturated heterocycles. The van der Waals surface area contributed by atoms with Crippen molar-refractivity contribution in [3.05, 3.63) is 0 Å². The van der Waals surface area contributed by atoms with Crippen LogP contribution in [0.1, 0.15) is 6.92 Å². The van der Waals surface area contributed by atoms with Crippen molar-refractivity contribution in [1.29, 1.82) is 0 Å². The first-order valence-electron chi connectivity index (χ1n) is 2.26. The second-order valence-electron chi connectivity index (χ2n) is 1.37. The molecule has 1 amide bonds. The summed E-state index contributed by atoms with van der Waals surface area (Å²) in [5, 5.41) is 11.3. The average Bonchev–Trinajstić information content (AvgIpc) is 1.83. The topological polar surface area (TPSA) is 75.7 Å². The van der Waals surface area contributed by atoms with Gasteiger partial charge >= 0.3 is 0 Å². The molecule has 0 atom stereocenters. The summed E-state index contributed by atoms with van der Waals surface area (Å²) in [6.07, 6.45) is 0. The monoisotopic (exact) mass is 148 g/mol. The standard InChI is InChI=1S/C4H8N2O2S/c1-3(6-8)9-2-4(5)7/h8H,2H2,1H3,(H2,5,7)/b6-3-. The number of primary amides is 1. The van der Waals surface area contributed by atoms with E-state index >= 15 is 0 Å². The number of hydrogen-bond acceptors (Lipinski definition) is 4. The molecule has 5 heteroatoms. The summed E-state index contributed by atoms with van der Waals surface area (Å²) in [6.45, 7) is 1.59. The van der Waals surface area contributed by atoms with Gasteiger partial charge in [0.1, 0.15) is 5.04 Å². The van der Waals surface area contributed by atoms with E-state index in [-0.39, 0.29) is 5.75 Å². The van der Waals surface area contributed by atoms with Crippen LogP contribution in [0.25, 0.3) is 0 Å². The largest absolute Gasteiger partial charge is 0.410 e. The maximum Gasteiger partial charge on any atom is 0.227 e. The molecule has 0 rings (SSSR count). The van der Waals surface area contributed by atoms with Crippen LogP contribution in [0.4, 0.5) is 0 Å². The van der Waals surface area contributed by atoms with Gasteiger partial charge in [0.2, 0.25) is 5.91 Å². The number of rotatable bonds is 2. The number of oxime groups is 1. The second-order valence-corrected chi connectivity index (χ2v) is 2.54. The minimum absolute atomic E-state index is 0.163. The summed E-state index contributed by atoms with van der Waals surface area (Å²) >= 11 is 1.11. The lowest BCUT2D eigenvalue weighted by molar-refractivity contribution is -0.115. The summed E-state index contributed by atoms with van der Waals surface area (Å²) in [5.41, 5.74) is 4.80. The molecular formula is C4H8N2O2S. The van der Waals surface area contributed by atoms with Crippen LogP contribution in [-0.2, 0) is 4.79 Å². The SMILES string of the molecule is C/C(=N/O)SCC(N)=O. The van der Waals surface area contributed by atoms with E-state index in [1.54, 1.807) is 6.92 Å². The average molecular weight is 148 g/mol. The van der Waals surface area contributed by atoms with Crippen molar-refractivity contribution in [2.75, 3.05) is 5.75 Å². The van der Waals surface area contributed by atoms with E-state index in [0.717, 1.165) is 11.8 Å². The van der Waals surface area contributed by atoms with Gasteiger partial charge in [-0.05, 0) is 6.92 Å². The van der Waals surface area contributed by atoms with Gasteiger partial charge in [-0.1, -0.05) is 16.9 Å². The van der Waals surface area contributed by atoms with Gasteiger partial charge in [0, 0.05) is 0 Å². The van der Waals surface area contributed by atoms with Gasteiger partial charge < -0.3 is 10.9 Å². The van der Waals surface area contributed by atoms with Crippen LogP contribution in [0.3, 0.4) is 0 Å². The van der Waals surface area contributed by atoms with Crippen LogP contribution in [0.5, 0.6) is 0 Å².